The first-order chi connectivity index (χ1) is 12.6. The number of rotatable bonds is 5. The van der Waals surface area contributed by atoms with Crippen LogP contribution in [0.3, 0.4) is 0 Å². The Morgan fingerprint density at radius 1 is 0.923 bits per heavy atom. The molecule has 0 radical (unpaired) electrons. The first-order valence-corrected chi connectivity index (χ1v) is 8.08. The molecule has 0 bridgehead atoms. The molecular formula is C20H19N3O3. The number of hydrazine groups is 1. The number of aromatic nitrogens is 1. The van der Waals surface area contributed by atoms with E-state index in [1.54, 1.807) is 80.1 Å². The number of nitrogens with zero attached hydrogens (tertiary/aromatic N) is 2. The number of carbonyl (C=O) groups is 1. The molecule has 0 aliphatic rings. The molecule has 1 aromatic heterocycles. The van der Waals surface area contributed by atoms with Crippen LogP contribution in [0.5, 0.6) is 11.5 Å². The molecule has 0 atom stereocenters. The monoisotopic (exact) mass is 349 g/mol. The predicted octanol–water partition coefficient (Wildman–Crippen LogP) is 2.86. The fourth-order valence-electron chi connectivity index (χ4n) is 2.71. The minimum Gasteiger partial charge on any atom is -0.508 e. The second kappa shape index (κ2) is 7.67. The van der Waals surface area contributed by atoms with Gasteiger partial charge in [0.05, 0.1) is 6.04 Å². The van der Waals surface area contributed by atoms with Crippen molar-refractivity contribution in [1.82, 2.24) is 15.4 Å². The summed E-state index contributed by atoms with van der Waals surface area (Å²) in [6, 6.07) is 16.2. The van der Waals surface area contributed by atoms with E-state index >= 15 is 0 Å². The molecule has 0 fully saturated rings. The van der Waals surface area contributed by atoms with Crippen LogP contribution in [0.15, 0.2) is 73.1 Å². The van der Waals surface area contributed by atoms with Gasteiger partial charge in [-0.3, -0.25) is 14.8 Å². The molecule has 2 aromatic carbocycles. The largest absolute Gasteiger partial charge is 0.508 e. The molecule has 1 heterocycles. The van der Waals surface area contributed by atoms with E-state index in [0.717, 1.165) is 0 Å². The Hall–Kier alpha value is -3.38. The van der Waals surface area contributed by atoms with Gasteiger partial charge in [0.25, 0.3) is 5.91 Å². The van der Waals surface area contributed by atoms with Crippen LogP contribution < -0.4 is 5.43 Å². The minimum absolute atomic E-state index is 0.0676. The van der Waals surface area contributed by atoms with Crippen molar-refractivity contribution in [3.05, 3.63) is 89.7 Å². The van der Waals surface area contributed by atoms with E-state index in [1.807, 2.05) is 0 Å². The van der Waals surface area contributed by atoms with Crippen LogP contribution in [-0.4, -0.2) is 33.2 Å². The van der Waals surface area contributed by atoms with Crippen molar-refractivity contribution in [1.29, 1.82) is 0 Å². The van der Waals surface area contributed by atoms with E-state index in [-0.39, 0.29) is 17.4 Å². The summed E-state index contributed by atoms with van der Waals surface area (Å²) in [5, 5.41) is 21.9. The van der Waals surface area contributed by atoms with Gasteiger partial charge >= 0.3 is 0 Å². The van der Waals surface area contributed by atoms with Gasteiger partial charge in [0.2, 0.25) is 0 Å². The Balaban J connectivity index is 1.95. The highest BCUT2D eigenvalue weighted by Crippen LogP contribution is 2.33. The number of hydrogen-bond acceptors (Lipinski definition) is 5. The molecule has 0 spiro atoms. The minimum atomic E-state index is -0.617. The highest BCUT2D eigenvalue weighted by Gasteiger charge is 2.23. The summed E-state index contributed by atoms with van der Waals surface area (Å²) in [5.74, 6) is -0.126. The molecule has 6 nitrogen and oxygen atoms in total. The van der Waals surface area contributed by atoms with Gasteiger partial charge in [-0.25, -0.2) is 5.43 Å². The third-order valence-electron chi connectivity index (χ3n) is 4.05. The van der Waals surface area contributed by atoms with Crippen LogP contribution in [0.25, 0.3) is 0 Å². The van der Waals surface area contributed by atoms with Gasteiger partial charge in [-0.15, -0.1) is 0 Å². The lowest BCUT2D eigenvalue weighted by molar-refractivity contribution is 0.0694. The van der Waals surface area contributed by atoms with Crippen LogP contribution in [0.2, 0.25) is 0 Å². The van der Waals surface area contributed by atoms with Crippen LogP contribution >= 0.6 is 0 Å². The molecule has 1 amide bonds. The van der Waals surface area contributed by atoms with Gasteiger partial charge in [-0.2, -0.15) is 0 Å². The van der Waals surface area contributed by atoms with Gasteiger partial charge in [0.1, 0.15) is 11.5 Å². The molecular weight excluding hydrogens is 330 g/mol. The van der Waals surface area contributed by atoms with Crippen LogP contribution in [0.4, 0.5) is 0 Å². The second-order valence-corrected chi connectivity index (χ2v) is 5.78. The van der Waals surface area contributed by atoms with E-state index in [4.69, 9.17) is 0 Å². The zero-order valence-electron chi connectivity index (χ0n) is 14.2. The highest BCUT2D eigenvalue weighted by molar-refractivity contribution is 5.93. The topological polar surface area (TPSA) is 85.7 Å². The summed E-state index contributed by atoms with van der Waals surface area (Å²) in [7, 11) is 1.59. The first kappa shape index (κ1) is 17.4. The lowest BCUT2D eigenvalue weighted by atomic mass is 9.97. The number of nitrogens with one attached hydrogen (secondary N) is 1. The highest BCUT2D eigenvalue weighted by atomic mass is 16.3. The Kier molecular flexibility index (Phi) is 5.15. The van der Waals surface area contributed by atoms with E-state index in [2.05, 4.69) is 10.4 Å². The maximum Gasteiger partial charge on any atom is 0.267 e. The molecule has 3 rings (SSSR count). The molecule has 0 unspecified atom stereocenters. The molecule has 3 N–H and O–H groups in total. The number of amides is 1. The van der Waals surface area contributed by atoms with E-state index < -0.39 is 6.04 Å². The number of pyridine rings is 1. The third-order valence-corrected chi connectivity index (χ3v) is 4.05. The van der Waals surface area contributed by atoms with E-state index in [1.165, 1.54) is 5.01 Å². The van der Waals surface area contributed by atoms with Crippen molar-refractivity contribution < 1.29 is 15.0 Å². The van der Waals surface area contributed by atoms with Gasteiger partial charge < -0.3 is 10.2 Å². The molecule has 132 valence electrons. The van der Waals surface area contributed by atoms with Gasteiger partial charge in [-0.05, 0) is 24.3 Å². The number of phenolic OH excluding ortho intramolecular Hbond substituents is 2. The van der Waals surface area contributed by atoms with Gasteiger partial charge in [-0.1, -0.05) is 36.4 Å². The second-order valence-electron chi connectivity index (χ2n) is 5.78. The van der Waals surface area contributed by atoms with Crippen LogP contribution in [0, 0.1) is 0 Å². The average Bonchev–Trinajstić information content (AvgIpc) is 2.67. The third kappa shape index (κ3) is 3.65. The summed E-state index contributed by atoms with van der Waals surface area (Å²) in [4.78, 5) is 16.5. The number of benzene rings is 2. The van der Waals surface area contributed by atoms with Crippen LogP contribution in [-0.2, 0) is 0 Å². The fourth-order valence-corrected chi connectivity index (χ4v) is 2.71. The van der Waals surface area contributed by atoms with Crippen molar-refractivity contribution in [3.63, 3.8) is 0 Å². The van der Waals surface area contributed by atoms with Crippen molar-refractivity contribution in [3.8, 4) is 11.5 Å². The molecule has 0 saturated heterocycles. The van der Waals surface area contributed by atoms with E-state index in [0.29, 0.717) is 16.7 Å². The number of hydrogen-bond donors (Lipinski definition) is 3. The molecule has 0 aliphatic heterocycles. The van der Waals surface area contributed by atoms with Gasteiger partial charge in [0.15, 0.2) is 0 Å². The van der Waals surface area contributed by atoms with Crippen molar-refractivity contribution in [2.45, 2.75) is 6.04 Å². The van der Waals surface area contributed by atoms with Crippen molar-refractivity contribution in [2.24, 2.45) is 0 Å². The number of aromatic hydroxyl groups is 2. The normalized spacial score (nSPS) is 10.7. The zero-order chi connectivity index (χ0) is 18.5. The molecule has 6 heteroatoms. The number of carbonyl (C=O) groups excluding carboxylic acids is 1. The first-order valence-electron chi connectivity index (χ1n) is 8.08. The summed E-state index contributed by atoms with van der Waals surface area (Å²) in [5.41, 5.74) is 4.64. The number of para-hydroxylation sites is 2. The Bertz CT molecular complexity index is 854. The van der Waals surface area contributed by atoms with Crippen molar-refractivity contribution >= 4 is 5.91 Å². The fraction of sp³-hybridized carbons (Fsp3) is 0.100. The maximum absolute atomic E-state index is 12.6. The Morgan fingerprint density at radius 2 is 1.42 bits per heavy atom. The molecule has 0 aliphatic carbocycles. The van der Waals surface area contributed by atoms with Crippen LogP contribution in [0.1, 0.15) is 27.5 Å². The zero-order valence-corrected chi connectivity index (χ0v) is 14.2. The molecule has 26 heavy (non-hydrogen) atoms. The Labute approximate surface area is 151 Å². The lowest BCUT2D eigenvalue weighted by Crippen LogP contribution is -2.42. The summed E-state index contributed by atoms with van der Waals surface area (Å²) in [6.45, 7) is 0. The summed E-state index contributed by atoms with van der Waals surface area (Å²) in [6.07, 6.45) is 3.09. The SMILES string of the molecule is CN(NC(c1ccccc1O)c1ccccc1O)C(=O)c1ccncc1. The lowest BCUT2D eigenvalue weighted by Gasteiger charge is -2.27. The quantitative estimate of drug-likeness (QED) is 0.617. The summed E-state index contributed by atoms with van der Waals surface area (Å²) >= 11 is 0. The smallest absolute Gasteiger partial charge is 0.267 e. The average molecular weight is 349 g/mol. The molecule has 3 aromatic rings. The predicted molar refractivity (Wildman–Crippen MR) is 97.5 cm³/mol. The molecule has 0 saturated carbocycles. The maximum atomic E-state index is 12.6. The van der Waals surface area contributed by atoms with Crippen molar-refractivity contribution in [2.75, 3.05) is 7.05 Å². The Morgan fingerprint density at radius 3 is 1.92 bits per heavy atom. The van der Waals surface area contributed by atoms with E-state index in [9.17, 15) is 15.0 Å². The standard InChI is InChI=1S/C20H19N3O3/c1-23(20(26)14-10-12-21-13-11-14)22-19(15-6-2-4-8-17(15)24)16-7-3-5-9-18(16)25/h2-13,19,22,24-25H,1H3. The number of phenols is 2. The van der Waals surface area contributed by atoms with Gasteiger partial charge in [0, 0.05) is 36.1 Å². The summed E-state index contributed by atoms with van der Waals surface area (Å²) < 4.78 is 0.